The lowest BCUT2D eigenvalue weighted by Crippen LogP contribution is -2.48. The number of rotatable bonds is 6. The first-order valence-electron chi connectivity index (χ1n) is 8.43. The standard InChI is InChI=1S/C18H21F2NO5/c1-2-26-17(23)10-16(22)12-5-6-21(18(24)25)13(9-12)7-11-3-4-14(19)15(20)8-11/h3-4,8,12-13H,2,5-7,9-10H2,1H3,(H,24,25). The number of esters is 1. The van der Waals surface area contributed by atoms with Crippen molar-refractivity contribution < 1.29 is 33.0 Å². The maximum Gasteiger partial charge on any atom is 0.407 e. The van der Waals surface area contributed by atoms with Crippen molar-refractivity contribution in [2.75, 3.05) is 13.2 Å². The molecule has 1 aliphatic heterocycles. The van der Waals surface area contributed by atoms with E-state index in [0.717, 1.165) is 12.1 Å². The summed E-state index contributed by atoms with van der Waals surface area (Å²) in [7, 11) is 0. The molecule has 1 aliphatic rings. The van der Waals surface area contributed by atoms with Gasteiger partial charge in [0.2, 0.25) is 0 Å². The number of nitrogens with zero attached hydrogens (tertiary/aromatic N) is 1. The Bertz CT molecular complexity index is 694. The van der Waals surface area contributed by atoms with Crippen LogP contribution in [-0.2, 0) is 20.7 Å². The molecule has 1 saturated heterocycles. The summed E-state index contributed by atoms with van der Waals surface area (Å²) in [6, 6.07) is 2.85. The van der Waals surface area contributed by atoms with Gasteiger partial charge in [0.25, 0.3) is 0 Å². The number of benzene rings is 1. The van der Waals surface area contributed by atoms with Gasteiger partial charge in [-0.15, -0.1) is 0 Å². The number of amides is 1. The van der Waals surface area contributed by atoms with E-state index in [2.05, 4.69) is 0 Å². The van der Waals surface area contributed by atoms with E-state index in [1.54, 1.807) is 6.92 Å². The number of carboxylic acid groups (broad SMARTS) is 1. The van der Waals surface area contributed by atoms with Gasteiger partial charge < -0.3 is 14.7 Å². The third-order valence-corrected chi connectivity index (χ3v) is 4.50. The van der Waals surface area contributed by atoms with Crippen LogP contribution >= 0.6 is 0 Å². The molecule has 1 aromatic rings. The lowest BCUT2D eigenvalue weighted by molar-refractivity contribution is -0.146. The molecule has 0 spiro atoms. The molecule has 1 heterocycles. The van der Waals surface area contributed by atoms with E-state index in [4.69, 9.17) is 4.74 Å². The number of hydrogen-bond acceptors (Lipinski definition) is 4. The summed E-state index contributed by atoms with van der Waals surface area (Å²) >= 11 is 0. The third-order valence-electron chi connectivity index (χ3n) is 4.50. The summed E-state index contributed by atoms with van der Waals surface area (Å²) in [5, 5.41) is 9.36. The van der Waals surface area contributed by atoms with Gasteiger partial charge in [0.15, 0.2) is 11.6 Å². The molecule has 1 fully saturated rings. The van der Waals surface area contributed by atoms with Gasteiger partial charge in [-0.1, -0.05) is 6.07 Å². The highest BCUT2D eigenvalue weighted by molar-refractivity contribution is 5.96. The SMILES string of the molecule is CCOC(=O)CC(=O)C1CCN(C(=O)O)C(Cc2ccc(F)c(F)c2)C1. The minimum atomic E-state index is -1.13. The fraction of sp³-hybridized carbons (Fsp3) is 0.500. The monoisotopic (exact) mass is 369 g/mol. The van der Waals surface area contributed by atoms with Gasteiger partial charge in [0, 0.05) is 18.5 Å². The van der Waals surface area contributed by atoms with Crippen LogP contribution in [-0.4, -0.2) is 47.0 Å². The number of ether oxygens (including phenoxy) is 1. The molecule has 1 amide bonds. The zero-order chi connectivity index (χ0) is 19.3. The Morgan fingerprint density at radius 1 is 1.27 bits per heavy atom. The van der Waals surface area contributed by atoms with Crippen LogP contribution in [0.25, 0.3) is 0 Å². The van der Waals surface area contributed by atoms with Crippen molar-refractivity contribution in [3.63, 3.8) is 0 Å². The number of carbonyl (C=O) groups is 3. The average molecular weight is 369 g/mol. The Kier molecular flexibility index (Phi) is 6.65. The molecule has 6 nitrogen and oxygen atoms in total. The van der Waals surface area contributed by atoms with Gasteiger partial charge in [0.05, 0.1) is 6.61 Å². The zero-order valence-electron chi connectivity index (χ0n) is 14.4. The first-order valence-corrected chi connectivity index (χ1v) is 8.43. The first kappa shape index (κ1) is 19.8. The Morgan fingerprint density at radius 2 is 2.00 bits per heavy atom. The van der Waals surface area contributed by atoms with Gasteiger partial charge in [-0.2, -0.15) is 0 Å². The Hall–Kier alpha value is -2.51. The largest absolute Gasteiger partial charge is 0.466 e. The van der Waals surface area contributed by atoms with Crippen LogP contribution in [0, 0.1) is 17.6 Å². The molecule has 0 aromatic heterocycles. The summed E-state index contributed by atoms with van der Waals surface area (Å²) in [6.45, 7) is 1.97. The van der Waals surface area contributed by atoms with E-state index >= 15 is 0 Å². The number of Topliss-reactive ketones (excluding diaryl/α,β-unsaturated/α-hetero) is 1. The molecule has 0 saturated carbocycles. The summed E-state index contributed by atoms with van der Waals surface area (Å²) in [5.41, 5.74) is 0.443. The molecular formula is C18H21F2NO5. The van der Waals surface area contributed by atoms with Crippen molar-refractivity contribution in [3.8, 4) is 0 Å². The quantitative estimate of drug-likeness (QED) is 0.616. The van der Waals surface area contributed by atoms with Crippen molar-refractivity contribution in [1.82, 2.24) is 4.90 Å². The molecule has 0 radical (unpaired) electrons. The van der Waals surface area contributed by atoms with Crippen molar-refractivity contribution in [3.05, 3.63) is 35.4 Å². The lowest BCUT2D eigenvalue weighted by atomic mass is 9.84. The molecule has 1 N–H and O–H groups in total. The summed E-state index contributed by atoms with van der Waals surface area (Å²) in [5.74, 6) is -3.34. The highest BCUT2D eigenvalue weighted by atomic mass is 19.2. The van der Waals surface area contributed by atoms with Gasteiger partial charge in [-0.05, 0) is 43.9 Å². The number of likely N-dealkylation sites (tertiary alicyclic amines) is 1. The minimum Gasteiger partial charge on any atom is -0.466 e. The Morgan fingerprint density at radius 3 is 2.62 bits per heavy atom. The molecule has 26 heavy (non-hydrogen) atoms. The van der Waals surface area contributed by atoms with Crippen LogP contribution in [0.2, 0.25) is 0 Å². The van der Waals surface area contributed by atoms with Crippen LogP contribution in [0.1, 0.15) is 31.7 Å². The second-order valence-electron chi connectivity index (χ2n) is 6.25. The minimum absolute atomic E-state index is 0.142. The maximum absolute atomic E-state index is 13.4. The van der Waals surface area contributed by atoms with Gasteiger partial charge in [-0.25, -0.2) is 13.6 Å². The van der Waals surface area contributed by atoms with E-state index in [9.17, 15) is 28.3 Å². The average Bonchev–Trinajstić information content (AvgIpc) is 2.58. The maximum atomic E-state index is 13.4. The predicted molar refractivity (Wildman–Crippen MR) is 87.6 cm³/mol. The summed E-state index contributed by atoms with van der Waals surface area (Å²) < 4.78 is 31.2. The molecule has 2 unspecified atom stereocenters. The normalized spacial score (nSPS) is 19.9. The second kappa shape index (κ2) is 8.73. The van der Waals surface area contributed by atoms with Crippen LogP contribution in [0.4, 0.5) is 13.6 Å². The lowest BCUT2D eigenvalue weighted by Gasteiger charge is -2.37. The smallest absolute Gasteiger partial charge is 0.407 e. The van der Waals surface area contributed by atoms with Crippen LogP contribution < -0.4 is 0 Å². The van der Waals surface area contributed by atoms with Gasteiger partial charge >= 0.3 is 12.1 Å². The summed E-state index contributed by atoms with van der Waals surface area (Å²) in [6.07, 6.45) is -0.771. The number of carbonyl (C=O) groups excluding carboxylic acids is 2. The fourth-order valence-corrected chi connectivity index (χ4v) is 3.23. The van der Waals surface area contributed by atoms with Crippen molar-refractivity contribution in [2.45, 2.75) is 38.6 Å². The van der Waals surface area contributed by atoms with Gasteiger partial charge in [-0.3, -0.25) is 9.59 Å². The molecular weight excluding hydrogens is 348 g/mol. The first-order chi connectivity index (χ1) is 12.3. The van der Waals surface area contributed by atoms with Crippen molar-refractivity contribution in [2.24, 2.45) is 5.92 Å². The van der Waals surface area contributed by atoms with Gasteiger partial charge in [0.1, 0.15) is 12.2 Å². The summed E-state index contributed by atoms with van der Waals surface area (Å²) in [4.78, 5) is 36.4. The topological polar surface area (TPSA) is 83.9 Å². The molecule has 8 heteroatoms. The molecule has 142 valence electrons. The van der Waals surface area contributed by atoms with E-state index in [1.807, 2.05) is 0 Å². The second-order valence-corrected chi connectivity index (χ2v) is 6.25. The van der Waals surface area contributed by atoms with Crippen molar-refractivity contribution in [1.29, 1.82) is 0 Å². The molecule has 0 aliphatic carbocycles. The Labute approximate surface area is 149 Å². The number of ketones is 1. The van der Waals surface area contributed by atoms with E-state index in [-0.39, 0.29) is 38.2 Å². The third kappa shape index (κ3) is 5.00. The number of halogens is 2. The van der Waals surface area contributed by atoms with E-state index in [0.29, 0.717) is 12.0 Å². The highest BCUT2D eigenvalue weighted by Crippen LogP contribution is 2.27. The molecule has 2 rings (SSSR count). The van der Waals surface area contributed by atoms with Crippen LogP contribution in [0.5, 0.6) is 0 Å². The Balaban J connectivity index is 2.09. The van der Waals surface area contributed by atoms with Crippen LogP contribution in [0.3, 0.4) is 0 Å². The zero-order valence-corrected chi connectivity index (χ0v) is 14.4. The van der Waals surface area contributed by atoms with Crippen LogP contribution in [0.15, 0.2) is 18.2 Å². The highest BCUT2D eigenvalue weighted by Gasteiger charge is 2.35. The molecule has 2 atom stereocenters. The number of hydrogen-bond donors (Lipinski definition) is 1. The van der Waals surface area contributed by atoms with E-state index in [1.165, 1.54) is 11.0 Å². The molecule has 1 aromatic carbocycles. The predicted octanol–water partition coefficient (Wildman–Crippen LogP) is 2.79. The number of piperidine rings is 1. The van der Waals surface area contributed by atoms with Crippen molar-refractivity contribution >= 4 is 17.8 Å². The fourth-order valence-electron chi connectivity index (χ4n) is 3.23. The van der Waals surface area contributed by atoms with E-state index < -0.39 is 35.7 Å². The molecule has 0 bridgehead atoms.